The Morgan fingerprint density at radius 1 is 0.778 bits per heavy atom. The van der Waals surface area contributed by atoms with Crippen LogP contribution >= 0.6 is 0 Å². The van der Waals surface area contributed by atoms with Crippen LogP contribution in [0.4, 0.5) is 0 Å². The van der Waals surface area contributed by atoms with Crippen molar-refractivity contribution < 1.29 is 19.1 Å². The quantitative estimate of drug-likeness (QED) is 0.723. The first-order valence-corrected chi connectivity index (χ1v) is 6.93. The van der Waals surface area contributed by atoms with Crippen LogP contribution in [0, 0.1) is 10.8 Å². The van der Waals surface area contributed by atoms with Crippen molar-refractivity contribution in [3.05, 3.63) is 0 Å². The topological polar surface area (TPSA) is 52.6 Å². The zero-order valence-electron chi connectivity index (χ0n) is 11.3. The molecular weight excluding hydrogens is 232 g/mol. The van der Waals surface area contributed by atoms with Gasteiger partial charge >= 0.3 is 11.9 Å². The molecule has 3 fully saturated rings. The molecule has 3 aliphatic rings. The van der Waals surface area contributed by atoms with Gasteiger partial charge in [-0.3, -0.25) is 9.59 Å². The van der Waals surface area contributed by atoms with Crippen LogP contribution in [0.2, 0.25) is 0 Å². The first-order valence-electron chi connectivity index (χ1n) is 6.93. The molecule has 0 heterocycles. The van der Waals surface area contributed by atoms with E-state index in [-0.39, 0.29) is 22.8 Å². The molecule has 0 aliphatic heterocycles. The molecule has 3 saturated carbocycles. The standard InChI is InChI=1S/C14H22O4/c1-3-17-11(15)13-5-8-14(9-6-13,10-7-13)12(16)18-4-2/h3-10H2,1-2H3. The molecule has 0 atom stereocenters. The second-order valence-corrected chi connectivity index (χ2v) is 5.50. The highest BCUT2D eigenvalue weighted by atomic mass is 16.5. The Morgan fingerprint density at radius 2 is 1.06 bits per heavy atom. The zero-order chi connectivity index (χ0) is 13.2. The monoisotopic (exact) mass is 254 g/mol. The zero-order valence-corrected chi connectivity index (χ0v) is 11.3. The highest BCUT2D eigenvalue weighted by Gasteiger charge is 2.56. The SMILES string of the molecule is CCOC(=O)C12CCC(C(=O)OCC)(CC1)CC2. The Hall–Kier alpha value is -1.06. The Balaban J connectivity index is 2.05. The third-order valence-electron chi connectivity index (χ3n) is 4.66. The maximum absolute atomic E-state index is 12.0. The third kappa shape index (κ3) is 2.02. The molecule has 0 aromatic heterocycles. The van der Waals surface area contributed by atoms with Gasteiger partial charge < -0.3 is 9.47 Å². The van der Waals surface area contributed by atoms with Crippen molar-refractivity contribution in [3.8, 4) is 0 Å². The summed E-state index contributed by atoms with van der Waals surface area (Å²) < 4.78 is 10.4. The fourth-order valence-corrected chi connectivity index (χ4v) is 3.37. The van der Waals surface area contributed by atoms with Crippen molar-refractivity contribution in [2.24, 2.45) is 10.8 Å². The molecule has 0 unspecified atom stereocenters. The second kappa shape index (κ2) is 4.90. The van der Waals surface area contributed by atoms with Gasteiger partial charge in [-0.2, -0.15) is 0 Å². The van der Waals surface area contributed by atoms with E-state index in [0.717, 1.165) is 38.5 Å². The lowest BCUT2D eigenvalue weighted by atomic mass is 9.53. The van der Waals surface area contributed by atoms with Gasteiger partial charge in [-0.05, 0) is 52.4 Å². The predicted molar refractivity (Wildman–Crippen MR) is 65.8 cm³/mol. The molecule has 0 aromatic rings. The molecule has 2 bridgehead atoms. The highest BCUT2D eigenvalue weighted by Crippen LogP contribution is 2.57. The number of esters is 2. The molecule has 4 heteroatoms. The van der Waals surface area contributed by atoms with Crippen molar-refractivity contribution in [3.63, 3.8) is 0 Å². The van der Waals surface area contributed by atoms with E-state index < -0.39 is 0 Å². The summed E-state index contributed by atoms with van der Waals surface area (Å²) in [5.74, 6) is -0.135. The van der Waals surface area contributed by atoms with Gasteiger partial charge in [-0.15, -0.1) is 0 Å². The van der Waals surface area contributed by atoms with Gasteiger partial charge in [-0.1, -0.05) is 0 Å². The van der Waals surface area contributed by atoms with Crippen LogP contribution in [0.3, 0.4) is 0 Å². The lowest BCUT2D eigenvalue weighted by Crippen LogP contribution is -2.50. The van der Waals surface area contributed by atoms with Crippen LogP contribution in [0.1, 0.15) is 52.4 Å². The van der Waals surface area contributed by atoms with Gasteiger partial charge in [0.05, 0.1) is 24.0 Å². The molecule has 0 radical (unpaired) electrons. The number of ether oxygens (including phenoxy) is 2. The van der Waals surface area contributed by atoms with Gasteiger partial charge in [0.1, 0.15) is 0 Å². The molecule has 4 nitrogen and oxygen atoms in total. The normalized spacial score (nSPS) is 34.1. The van der Waals surface area contributed by atoms with E-state index in [1.54, 1.807) is 0 Å². The molecule has 3 rings (SSSR count). The third-order valence-corrected chi connectivity index (χ3v) is 4.66. The van der Waals surface area contributed by atoms with Gasteiger partial charge in [0.15, 0.2) is 0 Å². The lowest BCUT2D eigenvalue weighted by molar-refractivity contribution is -0.177. The number of carbonyl (C=O) groups is 2. The fraction of sp³-hybridized carbons (Fsp3) is 0.857. The largest absolute Gasteiger partial charge is 0.466 e. The minimum absolute atomic E-state index is 0.0674. The van der Waals surface area contributed by atoms with E-state index in [1.807, 2.05) is 13.8 Å². The van der Waals surface area contributed by atoms with Crippen LogP contribution in [0.15, 0.2) is 0 Å². The molecule has 18 heavy (non-hydrogen) atoms. The molecule has 3 aliphatic carbocycles. The highest BCUT2D eigenvalue weighted by molar-refractivity contribution is 5.81. The van der Waals surface area contributed by atoms with Crippen LogP contribution in [-0.4, -0.2) is 25.2 Å². The van der Waals surface area contributed by atoms with Crippen molar-refractivity contribution in [2.75, 3.05) is 13.2 Å². The average Bonchev–Trinajstić information content (AvgIpc) is 2.41. The molecular formula is C14H22O4. The van der Waals surface area contributed by atoms with Crippen molar-refractivity contribution >= 4 is 11.9 Å². The molecule has 0 spiro atoms. The Bertz CT molecular complexity index is 289. The number of hydrogen-bond donors (Lipinski definition) is 0. The number of fused-ring (bicyclic) bond motifs is 3. The van der Waals surface area contributed by atoms with Crippen molar-refractivity contribution in [1.29, 1.82) is 0 Å². The summed E-state index contributed by atoms with van der Waals surface area (Å²) in [5, 5.41) is 0. The van der Waals surface area contributed by atoms with E-state index in [9.17, 15) is 9.59 Å². The molecule has 102 valence electrons. The van der Waals surface area contributed by atoms with Gasteiger partial charge in [0.25, 0.3) is 0 Å². The van der Waals surface area contributed by atoms with Crippen molar-refractivity contribution in [1.82, 2.24) is 0 Å². The summed E-state index contributed by atoms with van der Waals surface area (Å²) in [4.78, 5) is 24.1. The average molecular weight is 254 g/mol. The molecule has 0 aromatic carbocycles. The van der Waals surface area contributed by atoms with E-state index in [2.05, 4.69) is 0 Å². The smallest absolute Gasteiger partial charge is 0.312 e. The van der Waals surface area contributed by atoms with Crippen LogP contribution in [0.5, 0.6) is 0 Å². The maximum Gasteiger partial charge on any atom is 0.312 e. The lowest BCUT2D eigenvalue weighted by Gasteiger charge is -2.50. The Labute approximate surface area is 108 Å². The molecule has 0 N–H and O–H groups in total. The predicted octanol–water partition coefficient (Wildman–Crippen LogP) is 2.45. The van der Waals surface area contributed by atoms with Crippen LogP contribution in [0.25, 0.3) is 0 Å². The second-order valence-electron chi connectivity index (χ2n) is 5.50. The van der Waals surface area contributed by atoms with Gasteiger partial charge in [0, 0.05) is 0 Å². The van der Waals surface area contributed by atoms with Crippen molar-refractivity contribution in [2.45, 2.75) is 52.4 Å². The summed E-state index contributed by atoms with van der Waals surface area (Å²) in [5.41, 5.74) is -0.630. The van der Waals surface area contributed by atoms with Crippen LogP contribution in [-0.2, 0) is 19.1 Å². The van der Waals surface area contributed by atoms with Gasteiger partial charge in [-0.25, -0.2) is 0 Å². The molecule has 0 saturated heterocycles. The molecule has 0 amide bonds. The summed E-state index contributed by atoms with van der Waals surface area (Å²) in [6.07, 6.45) is 4.61. The van der Waals surface area contributed by atoms with E-state index in [1.165, 1.54) is 0 Å². The summed E-state index contributed by atoms with van der Waals surface area (Å²) >= 11 is 0. The number of hydrogen-bond acceptors (Lipinski definition) is 4. The first-order chi connectivity index (χ1) is 8.58. The number of carbonyl (C=O) groups excluding carboxylic acids is 2. The van der Waals surface area contributed by atoms with Gasteiger partial charge in [0.2, 0.25) is 0 Å². The maximum atomic E-state index is 12.0. The number of rotatable bonds is 4. The van der Waals surface area contributed by atoms with Crippen LogP contribution < -0.4 is 0 Å². The van der Waals surface area contributed by atoms with E-state index in [0.29, 0.717) is 13.2 Å². The fourth-order valence-electron chi connectivity index (χ4n) is 3.37. The Morgan fingerprint density at radius 3 is 1.28 bits per heavy atom. The summed E-state index contributed by atoms with van der Waals surface area (Å²) in [7, 11) is 0. The minimum Gasteiger partial charge on any atom is -0.466 e. The first kappa shape index (κ1) is 13.4. The summed E-state index contributed by atoms with van der Waals surface area (Å²) in [6.45, 7) is 4.54. The summed E-state index contributed by atoms with van der Waals surface area (Å²) in [6, 6.07) is 0. The Kier molecular flexibility index (Phi) is 3.64. The van der Waals surface area contributed by atoms with E-state index in [4.69, 9.17) is 9.47 Å². The minimum atomic E-state index is -0.315. The van der Waals surface area contributed by atoms with E-state index >= 15 is 0 Å².